The molecule has 0 aliphatic carbocycles. The van der Waals surface area contributed by atoms with Crippen LogP contribution in [0.1, 0.15) is 13.3 Å². The van der Waals surface area contributed by atoms with Gasteiger partial charge in [0.05, 0.1) is 4.92 Å². The number of thioether (sulfide) groups is 1. The maximum absolute atomic E-state index is 11.0. The van der Waals surface area contributed by atoms with Crippen LogP contribution in [0, 0.1) is 10.1 Å². The van der Waals surface area contributed by atoms with Crippen molar-refractivity contribution in [1.82, 2.24) is 4.98 Å². The molecule has 2 rings (SSSR count). The lowest BCUT2D eigenvalue weighted by Gasteiger charge is -2.27. The summed E-state index contributed by atoms with van der Waals surface area (Å²) in [6.45, 7) is 2.92. The van der Waals surface area contributed by atoms with Gasteiger partial charge in [0.1, 0.15) is 0 Å². The van der Waals surface area contributed by atoms with Crippen molar-refractivity contribution in [1.29, 1.82) is 0 Å². The lowest BCUT2D eigenvalue weighted by Crippen LogP contribution is -2.34. The van der Waals surface area contributed by atoms with E-state index in [0.717, 1.165) is 24.5 Å². The van der Waals surface area contributed by atoms with Crippen LogP contribution in [0.5, 0.6) is 0 Å². The number of nitrogens with zero attached hydrogens (tertiary/aromatic N) is 3. The Morgan fingerprint density at radius 1 is 1.59 bits per heavy atom. The molecule has 1 saturated heterocycles. The third-order valence-corrected chi connectivity index (χ3v) is 3.92. The van der Waals surface area contributed by atoms with Gasteiger partial charge >= 0.3 is 5.69 Å². The Kier molecular flexibility index (Phi) is 3.83. The van der Waals surface area contributed by atoms with Crippen molar-refractivity contribution in [2.24, 2.45) is 0 Å². The molecule has 1 aromatic heterocycles. The zero-order valence-corrected chi connectivity index (χ0v) is 10.5. The van der Waals surface area contributed by atoms with Gasteiger partial charge in [-0.15, -0.1) is 0 Å². The molecule has 0 aromatic carbocycles. The van der Waals surface area contributed by atoms with Gasteiger partial charge < -0.3 is 4.90 Å². The molecule has 1 aliphatic rings. The zero-order valence-electron chi connectivity index (χ0n) is 9.70. The smallest absolute Gasteiger partial charge is 0.311 e. The summed E-state index contributed by atoms with van der Waals surface area (Å²) < 4.78 is 0. The van der Waals surface area contributed by atoms with Crippen LogP contribution in [0.25, 0.3) is 0 Å². The molecule has 1 atom stereocenters. The molecule has 17 heavy (non-hydrogen) atoms. The van der Waals surface area contributed by atoms with E-state index in [-0.39, 0.29) is 10.6 Å². The van der Waals surface area contributed by atoms with Gasteiger partial charge in [0.25, 0.3) is 0 Å². The van der Waals surface area contributed by atoms with E-state index in [0.29, 0.717) is 11.9 Å². The lowest BCUT2D eigenvalue weighted by atomic mass is 10.2. The van der Waals surface area contributed by atoms with Crippen molar-refractivity contribution in [3.05, 3.63) is 28.4 Å². The minimum Gasteiger partial charge on any atom is -0.347 e. The molecule has 0 spiro atoms. The van der Waals surface area contributed by atoms with Crippen LogP contribution in [-0.4, -0.2) is 34.0 Å². The van der Waals surface area contributed by atoms with E-state index in [4.69, 9.17) is 0 Å². The van der Waals surface area contributed by atoms with E-state index in [1.54, 1.807) is 12.3 Å². The normalized spacial score (nSPS) is 21.0. The summed E-state index contributed by atoms with van der Waals surface area (Å²) in [5, 5.41) is 11.0. The quantitative estimate of drug-likeness (QED) is 0.598. The van der Waals surface area contributed by atoms with Crippen LogP contribution in [0.3, 0.4) is 0 Å². The second-order valence-electron chi connectivity index (χ2n) is 4.05. The molecule has 1 unspecified atom stereocenters. The highest BCUT2D eigenvalue weighted by molar-refractivity contribution is 7.99. The summed E-state index contributed by atoms with van der Waals surface area (Å²) in [6.07, 6.45) is 2.66. The van der Waals surface area contributed by atoms with E-state index in [1.807, 2.05) is 11.8 Å². The molecular weight excluding hydrogens is 238 g/mol. The number of anilines is 1. The summed E-state index contributed by atoms with van der Waals surface area (Å²) >= 11 is 1.89. The molecule has 0 saturated carbocycles. The molecule has 0 bridgehead atoms. The first-order chi connectivity index (χ1) is 8.20. The maximum Gasteiger partial charge on any atom is 0.311 e. The van der Waals surface area contributed by atoms with Crippen LogP contribution in [-0.2, 0) is 0 Å². The zero-order chi connectivity index (χ0) is 12.3. The predicted molar refractivity (Wildman–Crippen MR) is 69.6 cm³/mol. The second kappa shape index (κ2) is 5.35. The Balaban J connectivity index is 2.34. The Labute approximate surface area is 104 Å². The summed E-state index contributed by atoms with van der Waals surface area (Å²) in [7, 11) is 0. The first-order valence-electron chi connectivity index (χ1n) is 5.64. The molecule has 0 N–H and O–H groups in total. The van der Waals surface area contributed by atoms with Gasteiger partial charge in [-0.1, -0.05) is 0 Å². The second-order valence-corrected chi connectivity index (χ2v) is 5.27. The van der Waals surface area contributed by atoms with Crippen molar-refractivity contribution in [2.45, 2.75) is 19.4 Å². The molecule has 0 amide bonds. The first-order valence-corrected chi connectivity index (χ1v) is 6.79. The third kappa shape index (κ3) is 2.69. The molecule has 5 nitrogen and oxygen atoms in total. The number of hydrogen-bond acceptors (Lipinski definition) is 5. The third-order valence-electron chi connectivity index (χ3n) is 2.92. The van der Waals surface area contributed by atoms with Crippen molar-refractivity contribution < 1.29 is 4.92 Å². The van der Waals surface area contributed by atoms with Gasteiger partial charge in [-0.3, -0.25) is 10.1 Å². The minimum absolute atomic E-state index is 0.103. The number of pyridine rings is 1. The minimum atomic E-state index is -0.354. The van der Waals surface area contributed by atoms with Crippen molar-refractivity contribution in [2.75, 3.05) is 23.0 Å². The lowest BCUT2D eigenvalue weighted by molar-refractivity contribution is -0.384. The fourth-order valence-corrected chi connectivity index (χ4v) is 3.00. The molecule has 2 heterocycles. The summed E-state index contributed by atoms with van der Waals surface area (Å²) in [5.74, 6) is 2.61. The molecule has 1 aliphatic heterocycles. The number of nitro groups is 1. The standard InChI is InChI=1S/C11H15N3O2S/c1-9-4-7-17-8-6-13(9)11-10(14(15)16)3-2-5-12-11/h2-3,5,9H,4,6-8H2,1H3. The average molecular weight is 253 g/mol. The highest BCUT2D eigenvalue weighted by Gasteiger charge is 2.25. The highest BCUT2D eigenvalue weighted by Crippen LogP contribution is 2.29. The molecule has 92 valence electrons. The van der Waals surface area contributed by atoms with E-state index in [2.05, 4.69) is 16.8 Å². The predicted octanol–water partition coefficient (Wildman–Crippen LogP) is 2.32. The monoisotopic (exact) mass is 253 g/mol. The number of rotatable bonds is 2. The van der Waals surface area contributed by atoms with Gasteiger partial charge in [-0.2, -0.15) is 11.8 Å². The Bertz CT molecular complexity index is 413. The SMILES string of the molecule is CC1CCSCCN1c1ncccc1[N+](=O)[O-]. The Morgan fingerprint density at radius 3 is 3.18 bits per heavy atom. The molecule has 1 fully saturated rings. The van der Waals surface area contributed by atoms with Crippen molar-refractivity contribution in [3.8, 4) is 0 Å². The van der Waals surface area contributed by atoms with Crippen LogP contribution < -0.4 is 4.90 Å². The molecular formula is C11H15N3O2S. The molecule has 6 heteroatoms. The van der Waals surface area contributed by atoms with Crippen molar-refractivity contribution >= 4 is 23.3 Å². The van der Waals surface area contributed by atoms with Gasteiger partial charge in [0.15, 0.2) is 0 Å². The molecule has 1 aromatic rings. The Morgan fingerprint density at radius 2 is 2.41 bits per heavy atom. The summed E-state index contributed by atoms with van der Waals surface area (Å²) in [5.41, 5.74) is 0.103. The van der Waals surface area contributed by atoms with Gasteiger partial charge in [-0.05, 0) is 25.2 Å². The fraction of sp³-hybridized carbons (Fsp3) is 0.545. The average Bonchev–Trinajstić information content (AvgIpc) is 2.54. The van der Waals surface area contributed by atoms with Gasteiger partial charge in [0, 0.05) is 30.6 Å². The van der Waals surface area contributed by atoms with Crippen molar-refractivity contribution in [3.63, 3.8) is 0 Å². The summed E-state index contributed by atoms with van der Waals surface area (Å²) in [4.78, 5) is 16.9. The van der Waals surface area contributed by atoms with E-state index < -0.39 is 0 Å². The highest BCUT2D eigenvalue weighted by atomic mass is 32.2. The fourth-order valence-electron chi connectivity index (χ4n) is 1.96. The van der Waals surface area contributed by atoms with E-state index in [1.165, 1.54) is 6.07 Å². The van der Waals surface area contributed by atoms with Crippen LogP contribution in [0.4, 0.5) is 11.5 Å². The summed E-state index contributed by atoms with van der Waals surface area (Å²) in [6, 6.07) is 3.44. The maximum atomic E-state index is 11.0. The number of aromatic nitrogens is 1. The van der Waals surface area contributed by atoms with Crippen LogP contribution >= 0.6 is 11.8 Å². The largest absolute Gasteiger partial charge is 0.347 e. The van der Waals surface area contributed by atoms with Gasteiger partial charge in [-0.25, -0.2) is 4.98 Å². The first kappa shape index (κ1) is 12.2. The number of hydrogen-bond donors (Lipinski definition) is 0. The topological polar surface area (TPSA) is 59.3 Å². The van der Waals surface area contributed by atoms with E-state index >= 15 is 0 Å². The Hall–Kier alpha value is -1.30. The van der Waals surface area contributed by atoms with Crippen LogP contribution in [0.15, 0.2) is 18.3 Å². The van der Waals surface area contributed by atoms with Crippen LogP contribution in [0.2, 0.25) is 0 Å². The van der Waals surface area contributed by atoms with E-state index in [9.17, 15) is 10.1 Å². The molecule has 0 radical (unpaired) electrons. The van der Waals surface area contributed by atoms with Gasteiger partial charge in [0.2, 0.25) is 5.82 Å².